The van der Waals surface area contributed by atoms with Gasteiger partial charge in [0, 0.05) is 19.1 Å². The van der Waals surface area contributed by atoms with Crippen molar-refractivity contribution in [1.29, 1.82) is 0 Å². The maximum absolute atomic E-state index is 12.6. The Morgan fingerprint density at radius 3 is 2.30 bits per heavy atom. The molecule has 1 aliphatic carbocycles. The van der Waals surface area contributed by atoms with Crippen molar-refractivity contribution in [2.24, 2.45) is 0 Å². The average molecular weight is 312 g/mol. The largest absolute Gasteiger partial charge is 0.378 e. The van der Waals surface area contributed by atoms with Gasteiger partial charge in [-0.3, -0.25) is 4.79 Å². The maximum Gasteiger partial charge on any atom is 0.165 e. The van der Waals surface area contributed by atoms with E-state index in [0.29, 0.717) is 6.42 Å². The lowest BCUT2D eigenvalue weighted by Gasteiger charge is -2.35. The molecular weight excluding hydrogens is 284 g/mol. The third kappa shape index (κ3) is 4.20. The fraction of sp³-hybridized carbons (Fsp3) is 0.476. The van der Waals surface area contributed by atoms with Gasteiger partial charge in [-0.1, -0.05) is 69.5 Å². The first-order valence-corrected chi connectivity index (χ1v) is 8.80. The fourth-order valence-corrected chi connectivity index (χ4v) is 3.41. The van der Waals surface area contributed by atoms with Gasteiger partial charge in [0.15, 0.2) is 5.78 Å². The molecule has 2 heteroatoms. The first kappa shape index (κ1) is 17.7. The summed E-state index contributed by atoms with van der Waals surface area (Å²) in [6.45, 7) is 4.00. The molecule has 0 N–H and O–H groups in total. The topological polar surface area (TPSA) is 26.3 Å². The van der Waals surface area contributed by atoms with Crippen LogP contribution in [0.3, 0.4) is 0 Å². The van der Waals surface area contributed by atoms with Crippen LogP contribution in [0.5, 0.6) is 0 Å². The van der Waals surface area contributed by atoms with E-state index in [-0.39, 0.29) is 11.4 Å². The standard InChI is InChI=1S/C19H22O2.C2H6/c1-21-19(11-5-2-6-12-19)14-18(20)17-10-9-15-7-3-4-8-16(15)13-17;1-2/h3-4,7-10,13H,2,5-6,11-12,14H2,1H3;1-2H3. The summed E-state index contributed by atoms with van der Waals surface area (Å²) in [5.41, 5.74) is 0.566. The van der Waals surface area contributed by atoms with Crippen molar-refractivity contribution in [2.75, 3.05) is 7.11 Å². The van der Waals surface area contributed by atoms with Gasteiger partial charge in [0.1, 0.15) is 0 Å². The molecule has 2 aromatic rings. The summed E-state index contributed by atoms with van der Waals surface area (Å²) in [7, 11) is 1.75. The summed E-state index contributed by atoms with van der Waals surface area (Å²) in [6.07, 6.45) is 6.10. The molecule has 1 saturated carbocycles. The molecule has 2 nitrogen and oxygen atoms in total. The van der Waals surface area contributed by atoms with Crippen LogP contribution < -0.4 is 0 Å². The lowest BCUT2D eigenvalue weighted by molar-refractivity contribution is -0.0395. The zero-order valence-electron chi connectivity index (χ0n) is 14.6. The third-order valence-electron chi connectivity index (χ3n) is 4.75. The third-order valence-corrected chi connectivity index (χ3v) is 4.75. The molecular formula is C21H28O2. The summed E-state index contributed by atoms with van der Waals surface area (Å²) in [6, 6.07) is 14.1. The molecule has 23 heavy (non-hydrogen) atoms. The van der Waals surface area contributed by atoms with Crippen molar-refractivity contribution < 1.29 is 9.53 Å². The van der Waals surface area contributed by atoms with E-state index in [4.69, 9.17) is 4.74 Å². The van der Waals surface area contributed by atoms with Crippen LogP contribution in [0.15, 0.2) is 42.5 Å². The van der Waals surface area contributed by atoms with Crippen LogP contribution in [-0.2, 0) is 4.74 Å². The zero-order valence-corrected chi connectivity index (χ0v) is 14.6. The highest BCUT2D eigenvalue weighted by Gasteiger charge is 2.34. The quantitative estimate of drug-likeness (QED) is 0.668. The molecule has 0 radical (unpaired) electrons. The van der Waals surface area contributed by atoms with Crippen molar-refractivity contribution in [1.82, 2.24) is 0 Å². The maximum atomic E-state index is 12.6. The van der Waals surface area contributed by atoms with E-state index in [1.54, 1.807) is 7.11 Å². The Morgan fingerprint density at radius 1 is 1.00 bits per heavy atom. The van der Waals surface area contributed by atoms with Crippen LogP contribution in [0.1, 0.15) is 62.7 Å². The molecule has 0 saturated heterocycles. The number of carbonyl (C=O) groups is 1. The van der Waals surface area contributed by atoms with Crippen LogP contribution in [0.25, 0.3) is 10.8 Å². The van der Waals surface area contributed by atoms with Gasteiger partial charge in [0.2, 0.25) is 0 Å². The van der Waals surface area contributed by atoms with Gasteiger partial charge in [-0.15, -0.1) is 0 Å². The number of Topliss-reactive ketones (excluding diaryl/α,β-unsaturated/α-hetero) is 1. The molecule has 0 unspecified atom stereocenters. The number of fused-ring (bicyclic) bond motifs is 1. The number of benzene rings is 2. The molecule has 0 bridgehead atoms. The van der Waals surface area contributed by atoms with Gasteiger partial charge in [0.05, 0.1) is 5.60 Å². The minimum atomic E-state index is -0.235. The first-order chi connectivity index (χ1) is 11.2. The Balaban J connectivity index is 0.000000924. The highest BCUT2D eigenvalue weighted by Crippen LogP contribution is 2.35. The van der Waals surface area contributed by atoms with Crippen LogP contribution >= 0.6 is 0 Å². The molecule has 3 rings (SSSR count). The van der Waals surface area contributed by atoms with Gasteiger partial charge < -0.3 is 4.74 Å². The second-order valence-electron chi connectivity index (χ2n) is 6.11. The molecule has 124 valence electrons. The molecule has 0 aliphatic heterocycles. The first-order valence-electron chi connectivity index (χ1n) is 8.80. The molecule has 0 heterocycles. The average Bonchev–Trinajstić information content (AvgIpc) is 2.63. The molecule has 1 fully saturated rings. The highest BCUT2D eigenvalue weighted by atomic mass is 16.5. The number of hydrogen-bond acceptors (Lipinski definition) is 2. The monoisotopic (exact) mass is 312 g/mol. The van der Waals surface area contributed by atoms with Crippen molar-refractivity contribution in [3.63, 3.8) is 0 Å². The van der Waals surface area contributed by atoms with E-state index in [9.17, 15) is 4.79 Å². The molecule has 0 amide bonds. The van der Waals surface area contributed by atoms with Gasteiger partial charge in [0.25, 0.3) is 0 Å². The molecule has 0 atom stereocenters. The van der Waals surface area contributed by atoms with Crippen LogP contribution in [0, 0.1) is 0 Å². The van der Waals surface area contributed by atoms with Crippen LogP contribution in [0.2, 0.25) is 0 Å². The van der Waals surface area contributed by atoms with Crippen molar-refractivity contribution in [3.8, 4) is 0 Å². The van der Waals surface area contributed by atoms with Crippen molar-refractivity contribution in [2.45, 2.75) is 58.0 Å². The Kier molecular flexibility index (Phi) is 6.35. The Morgan fingerprint density at radius 2 is 1.65 bits per heavy atom. The number of carbonyl (C=O) groups excluding carboxylic acids is 1. The van der Waals surface area contributed by atoms with E-state index >= 15 is 0 Å². The van der Waals surface area contributed by atoms with Crippen molar-refractivity contribution >= 4 is 16.6 Å². The lowest BCUT2D eigenvalue weighted by Crippen LogP contribution is -2.36. The van der Waals surface area contributed by atoms with Gasteiger partial charge >= 0.3 is 0 Å². The Labute approximate surface area is 139 Å². The molecule has 0 aromatic heterocycles. The number of ketones is 1. The summed E-state index contributed by atoms with van der Waals surface area (Å²) >= 11 is 0. The fourth-order valence-electron chi connectivity index (χ4n) is 3.41. The SMILES string of the molecule is CC.COC1(CC(=O)c2ccc3ccccc3c2)CCCCC1. The van der Waals surface area contributed by atoms with E-state index < -0.39 is 0 Å². The minimum absolute atomic E-state index is 0.199. The zero-order chi connectivity index (χ0) is 16.7. The molecule has 0 spiro atoms. The predicted octanol–water partition coefficient (Wildman–Crippen LogP) is 5.79. The van der Waals surface area contributed by atoms with Crippen LogP contribution in [-0.4, -0.2) is 18.5 Å². The Bertz CT molecular complexity index is 639. The second-order valence-corrected chi connectivity index (χ2v) is 6.11. The van der Waals surface area contributed by atoms with E-state index in [1.165, 1.54) is 24.6 Å². The van der Waals surface area contributed by atoms with E-state index in [2.05, 4.69) is 12.1 Å². The van der Waals surface area contributed by atoms with E-state index in [0.717, 1.165) is 23.8 Å². The van der Waals surface area contributed by atoms with Gasteiger partial charge in [-0.05, 0) is 29.7 Å². The van der Waals surface area contributed by atoms with Crippen LogP contribution in [0.4, 0.5) is 0 Å². The summed E-state index contributed by atoms with van der Waals surface area (Å²) < 4.78 is 5.74. The predicted molar refractivity (Wildman–Crippen MR) is 97.1 cm³/mol. The van der Waals surface area contributed by atoms with Gasteiger partial charge in [-0.2, -0.15) is 0 Å². The normalized spacial score (nSPS) is 16.5. The molecule has 1 aliphatic rings. The second kappa shape index (κ2) is 8.26. The minimum Gasteiger partial charge on any atom is -0.378 e. The highest BCUT2D eigenvalue weighted by molar-refractivity contribution is 6.00. The number of hydrogen-bond donors (Lipinski definition) is 0. The van der Waals surface area contributed by atoms with Crippen molar-refractivity contribution in [3.05, 3.63) is 48.0 Å². The lowest BCUT2D eigenvalue weighted by atomic mass is 9.80. The Hall–Kier alpha value is -1.67. The van der Waals surface area contributed by atoms with Gasteiger partial charge in [-0.25, -0.2) is 0 Å². The number of methoxy groups -OCH3 is 1. The summed E-state index contributed by atoms with van der Waals surface area (Å²) in [5.74, 6) is 0.199. The molecule has 2 aromatic carbocycles. The summed E-state index contributed by atoms with van der Waals surface area (Å²) in [5, 5.41) is 2.30. The van der Waals surface area contributed by atoms with E-state index in [1.807, 2.05) is 44.2 Å². The number of ether oxygens (including phenoxy) is 1. The number of rotatable bonds is 4. The summed E-state index contributed by atoms with van der Waals surface area (Å²) in [4.78, 5) is 12.6. The smallest absolute Gasteiger partial charge is 0.165 e.